The third kappa shape index (κ3) is 17.4. The van der Waals surface area contributed by atoms with Gasteiger partial charge in [-0.2, -0.15) is 31.2 Å². The molecule has 0 fully saturated rings. The smallest absolute Gasteiger partial charge is 0.488 e. The van der Waals surface area contributed by atoms with Gasteiger partial charge in [0.25, 0.3) is 0 Å². The maximum atomic E-state index is 9.35. The van der Waals surface area contributed by atoms with E-state index in [-0.39, 0.29) is 11.5 Å². The molecule has 4 N–H and O–H groups in total. The van der Waals surface area contributed by atoms with E-state index in [9.17, 15) is 10.4 Å². The molecule has 14 nitrogen and oxygen atoms in total. The fourth-order valence-corrected chi connectivity index (χ4v) is 7.38. The molecule has 0 bridgehead atoms. The van der Waals surface area contributed by atoms with Crippen LogP contribution in [0.3, 0.4) is 0 Å². The molecule has 6 aromatic carbocycles. The van der Waals surface area contributed by atoms with Crippen LogP contribution in [0.15, 0.2) is 160 Å². The van der Waals surface area contributed by atoms with E-state index in [2.05, 4.69) is 108 Å². The normalized spacial score (nSPS) is 9.66. The van der Waals surface area contributed by atoms with Crippen molar-refractivity contribution in [2.75, 3.05) is 0 Å². The number of aromatic nitrogens is 6. The van der Waals surface area contributed by atoms with Crippen LogP contribution in [-0.4, -0.2) is 56.9 Å². The molecule has 0 saturated carbocycles. The van der Waals surface area contributed by atoms with E-state index in [4.69, 9.17) is 30.9 Å². The number of hydrogen-bond donors (Lipinski definition) is 4. The summed E-state index contributed by atoms with van der Waals surface area (Å²) in [7, 11) is -1.46. The molecular weight excluding hydrogens is 1110 g/mol. The predicted octanol–water partition coefficient (Wildman–Crippen LogP) is 9.45. The van der Waals surface area contributed by atoms with Crippen LogP contribution in [0.1, 0.15) is 44.5 Å². The van der Waals surface area contributed by atoms with Crippen LogP contribution in [0.2, 0.25) is 0 Å². The van der Waals surface area contributed by atoms with Gasteiger partial charge in [0.15, 0.2) is 0 Å². The van der Waals surface area contributed by atoms with Crippen molar-refractivity contribution in [1.29, 1.82) is 21.0 Å². The Labute approximate surface area is 421 Å². The van der Waals surface area contributed by atoms with Crippen LogP contribution in [0.5, 0.6) is 11.5 Å². The molecule has 0 saturated heterocycles. The highest BCUT2D eigenvalue weighted by atomic mass is 79.9. The standard InChI is InChI=1S/C16H12N4O.C10H7BrN4.C8H5Br2N.C8H6BrN.C6H7BO3/c17-8-14-2-1-13(12-3-5-16(21)6-4-12)7-15(14)9-20-11-18-10-19-20;11-10-2-1-8(4-12)9(3-10)5-15-7-13-6-14-15;9-4-7-3-8(10)2-1-6(7)5-11;1-6-4-8(9)3-2-7(6)5-10;8-6-3-1-5(2-4-6)7(9)10/h1-7,10-11,21H,9H2;1-3,6-7H,5H2;1-3H,4H2;2-4H,1H3;1-4,8-10H. The third-order valence-electron chi connectivity index (χ3n) is 9.04. The summed E-state index contributed by atoms with van der Waals surface area (Å²) >= 11 is 13.3. The molecule has 0 aliphatic carbocycles. The second-order valence-corrected chi connectivity index (χ2v) is 17.0. The minimum atomic E-state index is -1.46. The Hall–Kier alpha value is -6.94. The lowest BCUT2D eigenvalue weighted by Gasteiger charge is -2.08. The van der Waals surface area contributed by atoms with Gasteiger partial charge in [0, 0.05) is 18.7 Å². The predicted molar refractivity (Wildman–Crippen MR) is 268 cm³/mol. The van der Waals surface area contributed by atoms with E-state index in [1.807, 2.05) is 67.6 Å². The molecular formula is C48H37BBr4N10O4. The van der Waals surface area contributed by atoms with Gasteiger partial charge in [-0.3, -0.25) is 0 Å². The van der Waals surface area contributed by atoms with E-state index in [1.165, 1.54) is 36.9 Å². The summed E-state index contributed by atoms with van der Waals surface area (Å²) in [5.41, 5.74) is 8.93. The van der Waals surface area contributed by atoms with Gasteiger partial charge in [-0.25, -0.2) is 19.3 Å². The molecule has 0 unspecified atom stereocenters. The van der Waals surface area contributed by atoms with Crippen molar-refractivity contribution in [3.8, 4) is 46.9 Å². The Morgan fingerprint density at radius 1 is 0.522 bits per heavy atom. The summed E-state index contributed by atoms with van der Waals surface area (Å²) in [6.45, 7) is 2.97. The van der Waals surface area contributed by atoms with Crippen LogP contribution < -0.4 is 5.46 Å². The molecule has 67 heavy (non-hydrogen) atoms. The molecule has 8 rings (SSSR count). The van der Waals surface area contributed by atoms with Crippen molar-refractivity contribution in [3.63, 3.8) is 0 Å². The Morgan fingerprint density at radius 2 is 0.925 bits per heavy atom. The quantitative estimate of drug-likeness (QED) is 0.0863. The van der Waals surface area contributed by atoms with Gasteiger partial charge in [-0.15, -0.1) is 0 Å². The van der Waals surface area contributed by atoms with Gasteiger partial charge < -0.3 is 20.3 Å². The molecule has 0 spiro atoms. The zero-order chi connectivity index (χ0) is 48.7. The van der Waals surface area contributed by atoms with Crippen LogP contribution in [0, 0.1) is 52.2 Å². The lowest BCUT2D eigenvalue weighted by Crippen LogP contribution is -2.29. The van der Waals surface area contributed by atoms with Crippen LogP contribution >= 0.6 is 63.7 Å². The van der Waals surface area contributed by atoms with Gasteiger partial charge in [-0.1, -0.05) is 94.1 Å². The first-order valence-corrected chi connectivity index (χ1v) is 23.0. The van der Waals surface area contributed by atoms with E-state index in [0.717, 1.165) is 63.3 Å². The molecule has 19 heteroatoms. The Bertz CT molecular complexity index is 3000. The first-order valence-electron chi connectivity index (χ1n) is 19.5. The third-order valence-corrected chi connectivity index (χ3v) is 11.1. The second-order valence-electron chi connectivity index (χ2n) is 13.7. The Morgan fingerprint density at radius 3 is 1.36 bits per heavy atom. The second kappa shape index (κ2) is 27.5. The number of aryl methyl sites for hydroxylation is 1. The lowest BCUT2D eigenvalue weighted by molar-refractivity contribution is 0.425. The summed E-state index contributed by atoms with van der Waals surface area (Å²) in [6.07, 6.45) is 6.19. The number of nitriles is 4. The number of hydrogen-bond acceptors (Lipinski definition) is 12. The van der Waals surface area contributed by atoms with Crippen molar-refractivity contribution in [1.82, 2.24) is 29.5 Å². The van der Waals surface area contributed by atoms with Crippen molar-refractivity contribution < 1.29 is 20.3 Å². The zero-order valence-corrected chi connectivity index (χ0v) is 41.7. The highest BCUT2D eigenvalue weighted by Crippen LogP contribution is 2.25. The summed E-state index contributed by atoms with van der Waals surface area (Å²) in [5.74, 6) is 0.347. The lowest BCUT2D eigenvalue weighted by atomic mass is 9.80. The van der Waals surface area contributed by atoms with Gasteiger partial charge >= 0.3 is 7.12 Å². The van der Waals surface area contributed by atoms with Crippen molar-refractivity contribution in [2.45, 2.75) is 25.3 Å². The molecule has 0 aliphatic rings. The summed E-state index contributed by atoms with van der Waals surface area (Å²) in [4.78, 5) is 7.76. The van der Waals surface area contributed by atoms with E-state index in [0.29, 0.717) is 29.7 Å². The van der Waals surface area contributed by atoms with Gasteiger partial charge in [0.2, 0.25) is 0 Å². The molecule has 0 atom stereocenters. The zero-order valence-electron chi connectivity index (χ0n) is 35.3. The molecule has 8 aromatic rings. The molecule has 0 radical (unpaired) electrons. The molecule has 334 valence electrons. The largest absolute Gasteiger partial charge is 0.508 e. The fraction of sp³-hybridized carbons (Fsp3) is 0.0833. The highest BCUT2D eigenvalue weighted by Gasteiger charge is 2.10. The Kier molecular flexibility index (Phi) is 21.6. The first kappa shape index (κ1) is 52.7. The number of phenolic OH excluding ortho intramolecular Hbond substituents is 2. The molecule has 2 aromatic heterocycles. The Balaban J connectivity index is 0.000000190. The minimum absolute atomic E-state index is 0.115. The first-order chi connectivity index (χ1) is 32.3. The average molecular weight is 1150 g/mol. The maximum Gasteiger partial charge on any atom is 0.488 e. The highest BCUT2D eigenvalue weighted by molar-refractivity contribution is 9.11. The van der Waals surface area contributed by atoms with E-state index in [1.54, 1.807) is 58.4 Å². The summed E-state index contributed by atoms with van der Waals surface area (Å²) < 4.78 is 6.34. The topological polar surface area (TPSA) is 237 Å². The number of rotatable bonds is 7. The fourth-order valence-electron chi connectivity index (χ4n) is 5.63. The van der Waals surface area contributed by atoms with Gasteiger partial charge in [0.05, 0.1) is 59.6 Å². The summed E-state index contributed by atoms with van der Waals surface area (Å²) in [5, 5.41) is 79.4. The average Bonchev–Trinajstić information content (AvgIpc) is 4.06. The monoisotopic (exact) mass is 1140 g/mol. The van der Waals surface area contributed by atoms with Crippen LogP contribution in [-0.2, 0) is 18.4 Å². The van der Waals surface area contributed by atoms with Crippen molar-refractivity contribution in [2.24, 2.45) is 0 Å². The van der Waals surface area contributed by atoms with Crippen LogP contribution in [0.25, 0.3) is 11.1 Å². The molecule has 0 amide bonds. The van der Waals surface area contributed by atoms with E-state index < -0.39 is 7.12 Å². The number of aromatic hydroxyl groups is 2. The van der Waals surface area contributed by atoms with E-state index >= 15 is 0 Å². The van der Waals surface area contributed by atoms with Crippen LogP contribution in [0.4, 0.5) is 0 Å². The van der Waals surface area contributed by atoms with Crippen molar-refractivity contribution >= 4 is 76.3 Å². The molecule has 2 heterocycles. The number of halogens is 4. The number of alkyl halides is 1. The minimum Gasteiger partial charge on any atom is -0.508 e. The number of phenols is 2. The number of nitrogens with zero attached hydrogens (tertiary/aromatic N) is 10. The van der Waals surface area contributed by atoms with Gasteiger partial charge in [0.1, 0.15) is 36.8 Å². The molecule has 0 aliphatic heterocycles. The summed E-state index contributed by atoms with van der Waals surface area (Å²) in [6, 6.07) is 43.7. The van der Waals surface area contributed by atoms with Gasteiger partial charge in [-0.05, 0) is 137 Å². The van der Waals surface area contributed by atoms with Crippen molar-refractivity contribution in [3.05, 3.63) is 205 Å². The number of benzene rings is 6. The maximum absolute atomic E-state index is 9.35. The SMILES string of the molecule is Cc1cc(Br)ccc1C#N.N#Cc1ccc(-c2ccc(O)cc2)cc1Cn1cncn1.N#Cc1ccc(Br)cc1CBr.N#Cc1ccc(Br)cc1Cn1cncn1.OB(O)c1ccc(O)cc1.